The maximum absolute atomic E-state index is 12.6. The van der Waals surface area contributed by atoms with E-state index in [2.05, 4.69) is 22.5 Å². The fraction of sp³-hybridized carbons (Fsp3) is 0.500. The van der Waals surface area contributed by atoms with Crippen LogP contribution in [0.2, 0.25) is 0 Å². The molecule has 0 radical (unpaired) electrons. The van der Waals surface area contributed by atoms with Crippen molar-refractivity contribution in [2.75, 3.05) is 24.5 Å². The fourth-order valence-corrected chi connectivity index (χ4v) is 5.72. The first kappa shape index (κ1) is 22.6. The highest BCUT2D eigenvalue weighted by molar-refractivity contribution is 6.02. The van der Waals surface area contributed by atoms with Crippen LogP contribution in [-0.2, 0) is 9.53 Å². The Kier molecular flexibility index (Phi) is 4.90. The van der Waals surface area contributed by atoms with E-state index in [1.807, 2.05) is 50.0 Å². The van der Waals surface area contributed by atoms with Crippen LogP contribution >= 0.6 is 0 Å². The maximum Gasteiger partial charge on any atom is 0.410 e. The molecule has 186 valence electrons. The molecular formula is C26H29N7O3. The van der Waals surface area contributed by atoms with E-state index in [-0.39, 0.29) is 17.4 Å². The van der Waals surface area contributed by atoms with E-state index in [1.54, 1.807) is 20.5 Å². The molecule has 2 aliphatic heterocycles. The molecule has 6 rings (SSSR count). The minimum atomic E-state index is -0.580. The van der Waals surface area contributed by atoms with Crippen molar-refractivity contribution in [2.24, 2.45) is 11.3 Å². The standard InChI is InChI=1S/C26H29N7O3/c1-25(2,3)36-24(35)30-15-26(16-30)9-20(10-26)32-14-19(12-29-32)18-8-22-21(4-6-28-33(22)13-18)31-7-5-17(11-27)23(31)34/h4,6,8,12-14,17,20H,5,7,9-10,15-16H2,1-3H3. The zero-order chi connectivity index (χ0) is 25.2. The Morgan fingerprint density at radius 3 is 2.67 bits per heavy atom. The summed E-state index contributed by atoms with van der Waals surface area (Å²) in [6.07, 6.45) is 9.84. The minimum absolute atomic E-state index is 0.152. The summed E-state index contributed by atoms with van der Waals surface area (Å²) in [5, 5.41) is 18.3. The van der Waals surface area contributed by atoms with Crippen molar-refractivity contribution in [3.05, 3.63) is 36.9 Å². The fourth-order valence-electron chi connectivity index (χ4n) is 5.72. The van der Waals surface area contributed by atoms with Crippen LogP contribution in [0.15, 0.2) is 36.9 Å². The number of fused-ring (bicyclic) bond motifs is 1. The largest absolute Gasteiger partial charge is 0.444 e. The van der Waals surface area contributed by atoms with Crippen LogP contribution in [0, 0.1) is 22.7 Å². The van der Waals surface area contributed by atoms with Gasteiger partial charge in [0, 0.05) is 54.8 Å². The molecule has 1 unspecified atom stereocenters. The van der Waals surface area contributed by atoms with Gasteiger partial charge in [-0.1, -0.05) is 0 Å². The number of aromatic nitrogens is 4. The highest BCUT2D eigenvalue weighted by Gasteiger charge is 2.55. The molecule has 2 saturated heterocycles. The number of rotatable bonds is 3. The van der Waals surface area contributed by atoms with Gasteiger partial charge in [-0.05, 0) is 52.2 Å². The molecule has 0 N–H and O–H groups in total. The molecule has 1 atom stereocenters. The van der Waals surface area contributed by atoms with Crippen molar-refractivity contribution in [3.8, 4) is 17.2 Å². The molecule has 10 nitrogen and oxygen atoms in total. The molecule has 0 bridgehead atoms. The third-order valence-corrected chi connectivity index (χ3v) is 7.49. The van der Waals surface area contributed by atoms with Crippen molar-refractivity contribution < 1.29 is 14.3 Å². The van der Waals surface area contributed by atoms with Crippen LogP contribution in [-0.4, -0.2) is 61.5 Å². The molecule has 1 saturated carbocycles. The van der Waals surface area contributed by atoms with Crippen LogP contribution in [0.5, 0.6) is 0 Å². The highest BCUT2D eigenvalue weighted by atomic mass is 16.6. The SMILES string of the molecule is CC(C)(C)OC(=O)N1CC2(CC(n3cc(-c4cc5c(N6CCC(C#N)C6=O)ccnn5c4)cn3)C2)C1. The van der Waals surface area contributed by atoms with Gasteiger partial charge in [0.2, 0.25) is 5.91 Å². The van der Waals surface area contributed by atoms with E-state index in [1.165, 1.54) is 0 Å². The van der Waals surface area contributed by atoms with Crippen LogP contribution in [0.1, 0.15) is 46.1 Å². The van der Waals surface area contributed by atoms with Crippen molar-refractivity contribution in [1.29, 1.82) is 5.26 Å². The molecule has 1 spiro atoms. The second-order valence-electron chi connectivity index (χ2n) is 11.3. The normalized spacial score (nSPS) is 21.5. The predicted octanol–water partition coefficient (Wildman–Crippen LogP) is 3.65. The molecule has 3 aliphatic rings. The molecule has 3 fully saturated rings. The van der Waals surface area contributed by atoms with Gasteiger partial charge in [-0.3, -0.25) is 9.48 Å². The number of carbonyl (C=O) groups is 2. The molecule has 1 aliphatic carbocycles. The van der Waals surface area contributed by atoms with Gasteiger partial charge in [-0.2, -0.15) is 15.5 Å². The Hall–Kier alpha value is -3.87. The summed E-state index contributed by atoms with van der Waals surface area (Å²) in [4.78, 5) is 28.3. The Bertz CT molecular complexity index is 1390. The molecule has 3 aromatic heterocycles. The third kappa shape index (κ3) is 3.70. The van der Waals surface area contributed by atoms with Gasteiger partial charge in [0.25, 0.3) is 0 Å². The zero-order valence-electron chi connectivity index (χ0n) is 20.7. The van der Waals surface area contributed by atoms with Crippen molar-refractivity contribution >= 4 is 23.2 Å². The van der Waals surface area contributed by atoms with Crippen LogP contribution in [0.3, 0.4) is 0 Å². The quantitative estimate of drug-likeness (QED) is 0.558. The smallest absolute Gasteiger partial charge is 0.410 e. The van der Waals surface area contributed by atoms with Gasteiger partial charge in [0.15, 0.2) is 0 Å². The lowest BCUT2D eigenvalue weighted by atomic mass is 9.61. The minimum Gasteiger partial charge on any atom is -0.444 e. The summed E-state index contributed by atoms with van der Waals surface area (Å²) in [5.74, 6) is -0.732. The van der Waals surface area contributed by atoms with Gasteiger partial charge in [0.1, 0.15) is 11.5 Å². The van der Waals surface area contributed by atoms with E-state index in [9.17, 15) is 14.9 Å². The Labute approximate surface area is 209 Å². The van der Waals surface area contributed by atoms with Crippen molar-refractivity contribution in [1.82, 2.24) is 24.3 Å². The molecule has 0 aromatic carbocycles. The maximum atomic E-state index is 12.6. The molecule has 2 amide bonds. The number of ether oxygens (including phenoxy) is 1. The van der Waals surface area contributed by atoms with E-state index >= 15 is 0 Å². The Morgan fingerprint density at radius 2 is 1.97 bits per heavy atom. The lowest BCUT2D eigenvalue weighted by Gasteiger charge is -2.58. The molecular weight excluding hydrogens is 458 g/mol. The van der Waals surface area contributed by atoms with Crippen LogP contribution < -0.4 is 4.90 Å². The van der Waals surface area contributed by atoms with Gasteiger partial charge in [-0.15, -0.1) is 0 Å². The number of nitrogens with zero attached hydrogens (tertiary/aromatic N) is 7. The first-order valence-corrected chi connectivity index (χ1v) is 12.4. The molecule has 36 heavy (non-hydrogen) atoms. The predicted molar refractivity (Wildman–Crippen MR) is 131 cm³/mol. The van der Waals surface area contributed by atoms with E-state index < -0.39 is 11.5 Å². The van der Waals surface area contributed by atoms with E-state index in [0.717, 1.165) is 48.3 Å². The summed E-state index contributed by atoms with van der Waals surface area (Å²) in [6.45, 7) is 7.67. The van der Waals surface area contributed by atoms with Gasteiger partial charge in [0.05, 0.1) is 29.5 Å². The average molecular weight is 488 g/mol. The molecule has 3 aromatic rings. The number of amides is 2. The van der Waals surface area contributed by atoms with Crippen molar-refractivity contribution in [2.45, 2.75) is 51.7 Å². The summed E-state index contributed by atoms with van der Waals surface area (Å²) >= 11 is 0. The average Bonchev–Trinajstić information content (AvgIpc) is 3.48. The summed E-state index contributed by atoms with van der Waals surface area (Å²) < 4.78 is 9.27. The topological polar surface area (TPSA) is 109 Å². The van der Waals surface area contributed by atoms with Gasteiger partial charge < -0.3 is 14.5 Å². The monoisotopic (exact) mass is 487 g/mol. The number of carbonyl (C=O) groups excluding carboxylic acids is 2. The van der Waals surface area contributed by atoms with E-state index in [4.69, 9.17) is 4.74 Å². The first-order chi connectivity index (χ1) is 17.1. The third-order valence-electron chi connectivity index (χ3n) is 7.49. The number of likely N-dealkylation sites (tertiary alicyclic amines) is 1. The van der Waals surface area contributed by atoms with E-state index in [0.29, 0.717) is 19.0 Å². The molecule has 10 heteroatoms. The van der Waals surface area contributed by atoms with Crippen molar-refractivity contribution in [3.63, 3.8) is 0 Å². The Balaban J connectivity index is 1.14. The highest BCUT2D eigenvalue weighted by Crippen LogP contribution is 2.54. The van der Waals surface area contributed by atoms with Crippen LogP contribution in [0.25, 0.3) is 16.6 Å². The molecule has 5 heterocycles. The second-order valence-corrected chi connectivity index (χ2v) is 11.3. The summed E-state index contributed by atoms with van der Waals surface area (Å²) in [5.41, 5.74) is 3.26. The number of hydrogen-bond acceptors (Lipinski definition) is 6. The zero-order valence-corrected chi connectivity index (χ0v) is 20.7. The Morgan fingerprint density at radius 1 is 1.19 bits per heavy atom. The first-order valence-electron chi connectivity index (χ1n) is 12.4. The summed E-state index contributed by atoms with van der Waals surface area (Å²) in [6, 6.07) is 6.26. The van der Waals surface area contributed by atoms with Gasteiger partial charge >= 0.3 is 6.09 Å². The number of hydrogen-bond donors (Lipinski definition) is 0. The lowest BCUT2D eigenvalue weighted by Crippen LogP contribution is -2.64. The number of anilines is 1. The van der Waals surface area contributed by atoms with Gasteiger partial charge in [-0.25, -0.2) is 9.31 Å². The lowest BCUT2D eigenvalue weighted by molar-refractivity contribution is -0.118. The number of nitriles is 1. The van der Waals surface area contributed by atoms with Crippen LogP contribution in [0.4, 0.5) is 10.5 Å². The second kappa shape index (κ2) is 7.82. The summed E-state index contributed by atoms with van der Waals surface area (Å²) in [7, 11) is 0.